The molecule has 1 rings (SSSR count). The molecule has 0 aromatic carbocycles. The zero-order chi connectivity index (χ0) is 10.6. The molecule has 1 heterocycles. The second-order valence-corrected chi connectivity index (χ2v) is 3.44. The average molecular weight is 204 g/mol. The zero-order valence-electron chi connectivity index (χ0n) is 9.36. The molecule has 1 saturated heterocycles. The number of hydrogen-bond donors (Lipinski definition) is 0. The molecular weight excluding hydrogens is 184 g/mol. The molecule has 0 radical (unpaired) electrons. The van der Waals surface area contributed by atoms with Gasteiger partial charge in [0, 0.05) is 27.2 Å². The molecule has 0 aromatic rings. The van der Waals surface area contributed by atoms with E-state index in [1.165, 1.54) is 0 Å². The number of ether oxygens (including phenoxy) is 4. The maximum absolute atomic E-state index is 5.60. The Kier molecular flexibility index (Phi) is 4.81. The summed E-state index contributed by atoms with van der Waals surface area (Å²) in [6.45, 7) is 4.65. The Morgan fingerprint density at radius 1 is 1.29 bits per heavy atom. The van der Waals surface area contributed by atoms with E-state index in [0.717, 1.165) is 6.42 Å². The molecule has 4 atom stereocenters. The van der Waals surface area contributed by atoms with Gasteiger partial charge in [0.15, 0.2) is 6.29 Å². The summed E-state index contributed by atoms with van der Waals surface area (Å²) in [5.41, 5.74) is 0. The van der Waals surface area contributed by atoms with Crippen molar-refractivity contribution in [3.63, 3.8) is 0 Å². The first-order valence-electron chi connectivity index (χ1n) is 5.05. The zero-order valence-corrected chi connectivity index (χ0v) is 9.36. The third-order valence-electron chi connectivity index (χ3n) is 2.54. The van der Waals surface area contributed by atoms with Crippen LogP contribution in [0.1, 0.15) is 20.3 Å². The van der Waals surface area contributed by atoms with E-state index in [1.807, 2.05) is 13.8 Å². The van der Waals surface area contributed by atoms with Crippen molar-refractivity contribution in [3.8, 4) is 0 Å². The van der Waals surface area contributed by atoms with Crippen LogP contribution >= 0.6 is 0 Å². The topological polar surface area (TPSA) is 36.9 Å². The van der Waals surface area contributed by atoms with Crippen molar-refractivity contribution in [2.45, 2.75) is 44.9 Å². The van der Waals surface area contributed by atoms with Gasteiger partial charge in [-0.05, 0) is 13.8 Å². The van der Waals surface area contributed by atoms with E-state index < -0.39 is 0 Å². The second kappa shape index (κ2) is 5.66. The smallest absolute Gasteiger partial charge is 0.160 e. The van der Waals surface area contributed by atoms with Crippen LogP contribution in [0.15, 0.2) is 0 Å². The van der Waals surface area contributed by atoms with Crippen LogP contribution in [0.25, 0.3) is 0 Å². The van der Waals surface area contributed by atoms with Gasteiger partial charge in [0.2, 0.25) is 0 Å². The van der Waals surface area contributed by atoms with Gasteiger partial charge in [0.05, 0.1) is 12.2 Å². The summed E-state index contributed by atoms with van der Waals surface area (Å²) in [5, 5.41) is 0. The SMILES string of the molecule is CCO[C@H]1C[C@H](OC)O[C@@H](C)[C@@H]1OC. The Morgan fingerprint density at radius 3 is 2.50 bits per heavy atom. The fourth-order valence-electron chi connectivity index (χ4n) is 1.87. The molecular formula is C10H20O4. The Balaban J connectivity index is 2.57. The summed E-state index contributed by atoms with van der Waals surface area (Å²) in [6.07, 6.45) is 0.635. The van der Waals surface area contributed by atoms with Gasteiger partial charge in [-0.25, -0.2) is 0 Å². The molecule has 0 bridgehead atoms. The molecule has 0 aliphatic carbocycles. The molecule has 14 heavy (non-hydrogen) atoms. The molecule has 4 heteroatoms. The van der Waals surface area contributed by atoms with Gasteiger partial charge in [0.25, 0.3) is 0 Å². The fourth-order valence-corrected chi connectivity index (χ4v) is 1.87. The number of hydrogen-bond acceptors (Lipinski definition) is 4. The van der Waals surface area contributed by atoms with E-state index in [4.69, 9.17) is 18.9 Å². The molecule has 0 aromatic heterocycles. The predicted molar refractivity (Wildman–Crippen MR) is 52.2 cm³/mol. The molecule has 1 fully saturated rings. The Hall–Kier alpha value is -0.160. The number of methoxy groups -OCH3 is 2. The van der Waals surface area contributed by atoms with Crippen LogP contribution in [0.2, 0.25) is 0 Å². The van der Waals surface area contributed by atoms with Crippen LogP contribution < -0.4 is 0 Å². The average Bonchev–Trinajstić information content (AvgIpc) is 2.18. The molecule has 0 N–H and O–H groups in total. The van der Waals surface area contributed by atoms with Crippen LogP contribution in [-0.2, 0) is 18.9 Å². The lowest BCUT2D eigenvalue weighted by Gasteiger charge is -2.38. The first kappa shape index (κ1) is 11.9. The monoisotopic (exact) mass is 204 g/mol. The Labute approximate surface area is 85.5 Å². The van der Waals surface area contributed by atoms with Gasteiger partial charge in [-0.1, -0.05) is 0 Å². The summed E-state index contributed by atoms with van der Waals surface area (Å²) in [5.74, 6) is 0. The standard InChI is InChI=1S/C10H20O4/c1-5-13-8-6-9(11-3)14-7(2)10(8)12-4/h7-10H,5-6H2,1-4H3/t7-,8-,9+,10-/m0/s1. The minimum atomic E-state index is -0.173. The highest BCUT2D eigenvalue weighted by atomic mass is 16.7. The van der Waals surface area contributed by atoms with Crippen molar-refractivity contribution >= 4 is 0 Å². The van der Waals surface area contributed by atoms with Crippen molar-refractivity contribution in [1.29, 1.82) is 0 Å². The van der Waals surface area contributed by atoms with E-state index in [-0.39, 0.29) is 24.6 Å². The molecule has 84 valence electrons. The van der Waals surface area contributed by atoms with Crippen LogP contribution in [0, 0.1) is 0 Å². The summed E-state index contributed by atoms with van der Waals surface area (Å²) >= 11 is 0. The molecule has 0 spiro atoms. The molecule has 0 unspecified atom stereocenters. The summed E-state index contributed by atoms with van der Waals surface area (Å²) in [7, 11) is 3.33. The van der Waals surface area contributed by atoms with Crippen LogP contribution in [0.3, 0.4) is 0 Å². The highest BCUT2D eigenvalue weighted by Gasteiger charge is 2.37. The van der Waals surface area contributed by atoms with Gasteiger partial charge in [0.1, 0.15) is 6.10 Å². The van der Waals surface area contributed by atoms with Crippen molar-refractivity contribution in [1.82, 2.24) is 0 Å². The summed E-state index contributed by atoms with van der Waals surface area (Å²) in [4.78, 5) is 0. The second-order valence-electron chi connectivity index (χ2n) is 3.44. The van der Waals surface area contributed by atoms with Crippen molar-refractivity contribution in [2.24, 2.45) is 0 Å². The molecule has 1 aliphatic heterocycles. The van der Waals surface area contributed by atoms with E-state index in [2.05, 4.69) is 0 Å². The van der Waals surface area contributed by atoms with Crippen LogP contribution in [0.4, 0.5) is 0 Å². The van der Waals surface area contributed by atoms with Gasteiger partial charge >= 0.3 is 0 Å². The van der Waals surface area contributed by atoms with Crippen molar-refractivity contribution < 1.29 is 18.9 Å². The van der Waals surface area contributed by atoms with E-state index in [9.17, 15) is 0 Å². The van der Waals surface area contributed by atoms with Gasteiger partial charge in [-0.15, -0.1) is 0 Å². The first-order valence-corrected chi connectivity index (χ1v) is 5.05. The Morgan fingerprint density at radius 2 is 2.00 bits per heavy atom. The van der Waals surface area contributed by atoms with E-state index >= 15 is 0 Å². The summed E-state index contributed by atoms with van der Waals surface area (Å²) < 4.78 is 21.7. The highest BCUT2D eigenvalue weighted by Crippen LogP contribution is 2.24. The first-order chi connectivity index (χ1) is 6.72. The van der Waals surface area contributed by atoms with Gasteiger partial charge in [-0.3, -0.25) is 0 Å². The lowest BCUT2D eigenvalue weighted by atomic mass is 10.0. The van der Waals surface area contributed by atoms with Crippen molar-refractivity contribution in [3.05, 3.63) is 0 Å². The highest BCUT2D eigenvalue weighted by molar-refractivity contribution is 4.82. The Bertz CT molecular complexity index is 162. The van der Waals surface area contributed by atoms with Crippen LogP contribution in [-0.4, -0.2) is 45.4 Å². The van der Waals surface area contributed by atoms with Crippen molar-refractivity contribution in [2.75, 3.05) is 20.8 Å². The van der Waals surface area contributed by atoms with Gasteiger partial charge < -0.3 is 18.9 Å². The molecule has 0 saturated carbocycles. The quantitative estimate of drug-likeness (QED) is 0.689. The minimum absolute atomic E-state index is 0.00125. The normalized spacial score (nSPS) is 38.6. The third kappa shape index (κ3) is 2.67. The van der Waals surface area contributed by atoms with Gasteiger partial charge in [-0.2, -0.15) is 0 Å². The minimum Gasteiger partial charge on any atom is -0.376 e. The van der Waals surface area contributed by atoms with E-state index in [1.54, 1.807) is 14.2 Å². The maximum Gasteiger partial charge on any atom is 0.160 e. The summed E-state index contributed by atoms with van der Waals surface area (Å²) in [6, 6.07) is 0. The maximum atomic E-state index is 5.60. The lowest BCUT2D eigenvalue weighted by molar-refractivity contribution is -0.249. The predicted octanol–water partition coefficient (Wildman–Crippen LogP) is 1.19. The molecule has 1 aliphatic rings. The largest absolute Gasteiger partial charge is 0.376 e. The molecule has 4 nitrogen and oxygen atoms in total. The van der Waals surface area contributed by atoms with E-state index in [0.29, 0.717) is 6.61 Å². The van der Waals surface area contributed by atoms with Crippen LogP contribution in [0.5, 0.6) is 0 Å². The lowest BCUT2D eigenvalue weighted by Crippen LogP contribution is -2.49. The fraction of sp³-hybridized carbons (Fsp3) is 1.00. The third-order valence-corrected chi connectivity index (χ3v) is 2.54. The number of rotatable bonds is 4. The molecule has 0 amide bonds.